The van der Waals surface area contributed by atoms with Crippen LogP contribution in [0.4, 0.5) is 0 Å². The van der Waals surface area contributed by atoms with Crippen LogP contribution < -0.4 is 0 Å². The van der Waals surface area contributed by atoms with Crippen molar-refractivity contribution in [2.45, 2.75) is 155 Å². The molecule has 0 radical (unpaired) electrons. The first-order valence-corrected chi connectivity index (χ1v) is 14.6. The number of rotatable bonds is 24. The van der Waals surface area contributed by atoms with Gasteiger partial charge in [0.2, 0.25) is 0 Å². The van der Waals surface area contributed by atoms with Gasteiger partial charge in [-0.15, -0.1) is 0 Å². The van der Waals surface area contributed by atoms with Gasteiger partial charge in [0.15, 0.2) is 0 Å². The SMILES string of the molecule is CCCCCCCCC/C=C/C(=O)OCCCCCCCC1CC1CCCCCCCC. The Hall–Kier alpha value is -0.790. The fourth-order valence-corrected chi connectivity index (χ4v) is 4.86. The Labute approximate surface area is 201 Å². The van der Waals surface area contributed by atoms with Crippen LogP contribution >= 0.6 is 0 Å². The molecule has 1 aliphatic carbocycles. The zero-order valence-electron chi connectivity index (χ0n) is 21.9. The number of hydrogen-bond acceptors (Lipinski definition) is 2. The molecule has 0 aliphatic heterocycles. The summed E-state index contributed by atoms with van der Waals surface area (Å²) < 4.78 is 5.33. The van der Waals surface area contributed by atoms with Crippen LogP contribution in [-0.4, -0.2) is 12.6 Å². The van der Waals surface area contributed by atoms with Crippen molar-refractivity contribution in [3.63, 3.8) is 0 Å². The molecule has 0 aromatic rings. The van der Waals surface area contributed by atoms with Gasteiger partial charge < -0.3 is 4.74 Å². The number of unbranched alkanes of at least 4 members (excludes halogenated alkanes) is 16. The number of hydrogen-bond donors (Lipinski definition) is 0. The van der Waals surface area contributed by atoms with Crippen LogP contribution in [0.3, 0.4) is 0 Å². The molecular weight excluding hydrogens is 392 g/mol. The summed E-state index contributed by atoms with van der Waals surface area (Å²) in [6.45, 7) is 5.14. The summed E-state index contributed by atoms with van der Waals surface area (Å²) in [4.78, 5) is 11.7. The first-order chi connectivity index (χ1) is 15.8. The van der Waals surface area contributed by atoms with Gasteiger partial charge in [-0.25, -0.2) is 4.79 Å². The number of carbonyl (C=O) groups excluding carboxylic acids is 1. The second-order valence-corrected chi connectivity index (χ2v) is 10.3. The summed E-state index contributed by atoms with van der Waals surface area (Å²) in [6.07, 6.45) is 33.2. The summed E-state index contributed by atoms with van der Waals surface area (Å²) in [6, 6.07) is 0. The number of ether oxygens (including phenoxy) is 1. The normalized spacial score (nSPS) is 17.8. The van der Waals surface area contributed by atoms with Gasteiger partial charge in [-0.3, -0.25) is 0 Å². The smallest absolute Gasteiger partial charge is 0.330 e. The molecule has 32 heavy (non-hydrogen) atoms. The van der Waals surface area contributed by atoms with Crippen molar-refractivity contribution in [1.82, 2.24) is 0 Å². The van der Waals surface area contributed by atoms with Gasteiger partial charge in [0.05, 0.1) is 6.61 Å². The first kappa shape index (κ1) is 29.2. The molecule has 188 valence electrons. The Bertz CT molecular complexity index is 442. The van der Waals surface area contributed by atoms with Crippen LogP contribution in [0.1, 0.15) is 155 Å². The van der Waals surface area contributed by atoms with E-state index in [0.717, 1.165) is 24.7 Å². The van der Waals surface area contributed by atoms with Gasteiger partial charge in [0, 0.05) is 6.08 Å². The van der Waals surface area contributed by atoms with Gasteiger partial charge in [0.25, 0.3) is 0 Å². The number of esters is 1. The molecule has 2 nitrogen and oxygen atoms in total. The molecule has 1 fully saturated rings. The lowest BCUT2D eigenvalue weighted by Gasteiger charge is -2.04. The third kappa shape index (κ3) is 18.8. The Kier molecular flexibility index (Phi) is 20.1. The largest absolute Gasteiger partial charge is 0.463 e. The molecule has 0 N–H and O–H groups in total. The summed E-state index contributed by atoms with van der Waals surface area (Å²) in [5.74, 6) is 1.97. The van der Waals surface area contributed by atoms with Crippen molar-refractivity contribution >= 4 is 5.97 Å². The van der Waals surface area contributed by atoms with E-state index in [2.05, 4.69) is 13.8 Å². The van der Waals surface area contributed by atoms with Crippen molar-refractivity contribution < 1.29 is 9.53 Å². The highest BCUT2D eigenvalue weighted by molar-refractivity contribution is 5.81. The van der Waals surface area contributed by atoms with E-state index in [1.807, 2.05) is 6.08 Å². The minimum atomic E-state index is -0.155. The molecule has 2 unspecified atom stereocenters. The van der Waals surface area contributed by atoms with E-state index in [1.165, 1.54) is 128 Å². The quantitative estimate of drug-likeness (QED) is 0.0834. The van der Waals surface area contributed by atoms with Crippen LogP contribution in [0.15, 0.2) is 12.2 Å². The van der Waals surface area contributed by atoms with Gasteiger partial charge in [-0.05, 0) is 37.5 Å². The summed E-state index contributed by atoms with van der Waals surface area (Å²) in [5, 5.41) is 0. The average molecular weight is 449 g/mol. The van der Waals surface area contributed by atoms with Crippen LogP contribution in [0.2, 0.25) is 0 Å². The van der Waals surface area contributed by atoms with Crippen molar-refractivity contribution in [3.05, 3.63) is 12.2 Å². The van der Waals surface area contributed by atoms with E-state index in [4.69, 9.17) is 4.74 Å². The van der Waals surface area contributed by atoms with Crippen molar-refractivity contribution in [2.24, 2.45) is 11.8 Å². The monoisotopic (exact) mass is 448 g/mol. The number of allylic oxidation sites excluding steroid dienone is 1. The van der Waals surface area contributed by atoms with E-state index in [0.29, 0.717) is 6.61 Å². The maximum atomic E-state index is 11.7. The molecule has 1 saturated carbocycles. The fraction of sp³-hybridized carbons (Fsp3) is 0.900. The maximum absolute atomic E-state index is 11.7. The molecule has 0 heterocycles. The molecule has 0 spiro atoms. The molecule has 0 aromatic carbocycles. The Morgan fingerprint density at radius 1 is 0.656 bits per heavy atom. The van der Waals surface area contributed by atoms with Gasteiger partial charge in [0.1, 0.15) is 0 Å². The molecular formula is C30H56O2. The van der Waals surface area contributed by atoms with Crippen LogP contribution in [0.25, 0.3) is 0 Å². The van der Waals surface area contributed by atoms with E-state index in [1.54, 1.807) is 6.08 Å². The van der Waals surface area contributed by atoms with Crippen LogP contribution in [0, 0.1) is 11.8 Å². The Balaban J connectivity index is 1.77. The summed E-state index contributed by atoms with van der Waals surface area (Å²) >= 11 is 0. The van der Waals surface area contributed by atoms with Crippen LogP contribution in [-0.2, 0) is 9.53 Å². The highest BCUT2D eigenvalue weighted by Crippen LogP contribution is 2.45. The van der Waals surface area contributed by atoms with Crippen molar-refractivity contribution in [1.29, 1.82) is 0 Å². The lowest BCUT2D eigenvalue weighted by atomic mass is 10.0. The topological polar surface area (TPSA) is 26.3 Å². The van der Waals surface area contributed by atoms with E-state index in [9.17, 15) is 4.79 Å². The molecule has 2 atom stereocenters. The van der Waals surface area contributed by atoms with Gasteiger partial charge in [-0.2, -0.15) is 0 Å². The molecule has 1 rings (SSSR count). The lowest BCUT2D eigenvalue weighted by Crippen LogP contribution is -2.02. The zero-order chi connectivity index (χ0) is 23.1. The van der Waals surface area contributed by atoms with Gasteiger partial charge in [-0.1, -0.05) is 135 Å². The van der Waals surface area contributed by atoms with Crippen molar-refractivity contribution in [2.75, 3.05) is 6.61 Å². The Morgan fingerprint density at radius 2 is 1.12 bits per heavy atom. The summed E-state index contributed by atoms with van der Waals surface area (Å²) in [7, 11) is 0. The standard InChI is InChI=1S/C30H56O2/c1-3-5-7-9-11-12-13-17-21-25-30(31)32-26-22-18-14-16-20-24-29-27-28(29)23-19-15-10-8-6-4-2/h21,25,28-29H,3-20,22-24,26-27H2,1-2H3/b25-21+. The molecule has 0 bridgehead atoms. The molecule has 0 saturated heterocycles. The zero-order valence-corrected chi connectivity index (χ0v) is 21.9. The third-order valence-electron chi connectivity index (χ3n) is 7.19. The second-order valence-electron chi connectivity index (χ2n) is 10.3. The van der Waals surface area contributed by atoms with Crippen LogP contribution in [0.5, 0.6) is 0 Å². The Morgan fingerprint density at radius 3 is 1.69 bits per heavy atom. The van der Waals surface area contributed by atoms with E-state index in [-0.39, 0.29) is 5.97 Å². The predicted molar refractivity (Wildman–Crippen MR) is 140 cm³/mol. The summed E-state index contributed by atoms with van der Waals surface area (Å²) in [5.41, 5.74) is 0. The fourth-order valence-electron chi connectivity index (χ4n) is 4.86. The number of carbonyl (C=O) groups is 1. The minimum absolute atomic E-state index is 0.155. The minimum Gasteiger partial charge on any atom is -0.463 e. The molecule has 0 amide bonds. The highest BCUT2D eigenvalue weighted by atomic mass is 16.5. The molecule has 2 heteroatoms. The maximum Gasteiger partial charge on any atom is 0.330 e. The second kappa shape index (κ2) is 22.0. The first-order valence-electron chi connectivity index (χ1n) is 14.6. The van der Waals surface area contributed by atoms with E-state index >= 15 is 0 Å². The lowest BCUT2D eigenvalue weighted by molar-refractivity contribution is -0.137. The molecule has 0 aromatic heterocycles. The van der Waals surface area contributed by atoms with Crippen molar-refractivity contribution in [3.8, 4) is 0 Å². The third-order valence-corrected chi connectivity index (χ3v) is 7.19. The van der Waals surface area contributed by atoms with E-state index < -0.39 is 0 Å². The highest BCUT2D eigenvalue weighted by Gasteiger charge is 2.34. The molecule has 1 aliphatic rings. The van der Waals surface area contributed by atoms with Gasteiger partial charge >= 0.3 is 5.97 Å². The predicted octanol–water partition coefficient (Wildman–Crippen LogP) is 9.95. The average Bonchev–Trinajstić information content (AvgIpc) is 3.54.